The first kappa shape index (κ1) is 18.7. The number of fused-ring (bicyclic) bond motifs is 1. The minimum atomic E-state index is -4.01. The Morgan fingerprint density at radius 1 is 1.31 bits per heavy atom. The Morgan fingerprint density at radius 2 is 2.00 bits per heavy atom. The largest absolute Gasteiger partial charge is 0.496 e. The van der Waals surface area contributed by atoms with Gasteiger partial charge in [0.25, 0.3) is 0 Å². The quantitative estimate of drug-likeness (QED) is 0.811. The van der Waals surface area contributed by atoms with E-state index in [0.29, 0.717) is 6.42 Å². The zero-order chi connectivity index (χ0) is 19.1. The predicted octanol–water partition coefficient (Wildman–Crippen LogP) is 3.19. The highest BCUT2D eigenvalue weighted by molar-refractivity contribution is 7.89. The van der Waals surface area contributed by atoms with Crippen LogP contribution in [-0.4, -0.2) is 26.6 Å². The molecule has 0 fully saturated rings. The van der Waals surface area contributed by atoms with Crippen molar-refractivity contribution in [1.29, 1.82) is 0 Å². The van der Waals surface area contributed by atoms with Gasteiger partial charge in [0, 0.05) is 6.07 Å². The van der Waals surface area contributed by atoms with Crippen LogP contribution in [0.15, 0.2) is 41.3 Å². The lowest BCUT2D eigenvalue weighted by atomic mass is 9.96. The second-order valence-corrected chi connectivity index (χ2v) is 8.44. The fourth-order valence-corrected chi connectivity index (χ4v) is 5.29. The molecule has 3 rings (SSSR count). The number of sulfonamides is 1. The number of benzene rings is 2. The summed E-state index contributed by atoms with van der Waals surface area (Å²) in [6, 6.07) is 9.90. The highest BCUT2D eigenvalue weighted by Crippen LogP contribution is 2.39. The summed E-state index contributed by atoms with van der Waals surface area (Å²) in [6.45, 7) is 1.83. The third kappa shape index (κ3) is 3.18. The molecular formula is C18H18ClNO5S. The van der Waals surface area contributed by atoms with Crippen molar-refractivity contribution >= 4 is 27.6 Å². The van der Waals surface area contributed by atoms with Gasteiger partial charge in [-0.15, -0.1) is 0 Å². The van der Waals surface area contributed by atoms with Gasteiger partial charge in [0.2, 0.25) is 10.0 Å². The van der Waals surface area contributed by atoms with E-state index >= 15 is 0 Å². The zero-order valence-electron chi connectivity index (χ0n) is 14.2. The highest BCUT2D eigenvalue weighted by atomic mass is 35.5. The third-order valence-electron chi connectivity index (χ3n) is 4.64. The summed E-state index contributed by atoms with van der Waals surface area (Å²) >= 11 is 6.08. The number of ether oxygens (including phenoxy) is 1. The molecule has 8 heteroatoms. The van der Waals surface area contributed by atoms with Crippen LogP contribution in [-0.2, 0) is 22.0 Å². The summed E-state index contributed by atoms with van der Waals surface area (Å²) in [5.74, 6) is -1.32. The van der Waals surface area contributed by atoms with Crippen LogP contribution in [0.5, 0.6) is 5.75 Å². The Hall–Kier alpha value is -2.09. The molecule has 0 bridgehead atoms. The van der Waals surface area contributed by atoms with Crippen molar-refractivity contribution in [3.05, 3.63) is 58.1 Å². The van der Waals surface area contributed by atoms with Crippen LogP contribution in [0.4, 0.5) is 0 Å². The number of aromatic carboxylic acids is 1. The molecule has 0 spiro atoms. The smallest absolute Gasteiger partial charge is 0.339 e. The number of carboxylic acid groups (broad SMARTS) is 1. The zero-order valence-corrected chi connectivity index (χ0v) is 15.8. The summed E-state index contributed by atoms with van der Waals surface area (Å²) < 4.78 is 33.7. The fourth-order valence-electron chi connectivity index (χ4n) is 3.33. The predicted molar refractivity (Wildman–Crippen MR) is 97.4 cm³/mol. The molecule has 0 aromatic heterocycles. The van der Waals surface area contributed by atoms with Crippen molar-refractivity contribution in [2.75, 3.05) is 7.11 Å². The Labute approximate surface area is 156 Å². The Kier molecular flexibility index (Phi) is 4.72. The van der Waals surface area contributed by atoms with Crippen molar-refractivity contribution in [1.82, 2.24) is 4.72 Å². The molecule has 1 aliphatic rings. The first-order chi connectivity index (χ1) is 12.2. The van der Waals surface area contributed by atoms with Crippen molar-refractivity contribution in [2.45, 2.75) is 30.2 Å². The molecule has 0 radical (unpaired) electrons. The van der Waals surface area contributed by atoms with E-state index in [1.165, 1.54) is 7.11 Å². The van der Waals surface area contributed by atoms with Gasteiger partial charge in [-0.1, -0.05) is 35.9 Å². The third-order valence-corrected chi connectivity index (χ3v) is 6.70. The van der Waals surface area contributed by atoms with Crippen molar-refractivity contribution in [2.24, 2.45) is 0 Å². The van der Waals surface area contributed by atoms with Gasteiger partial charge in [-0.3, -0.25) is 0 Å². The van der Waals surface area contributed by atoms with Gasteiger partial charge in [-0.2, -0.15) is 0 Å². The highest BCUT2D eigenvalue weighted by Gasteiger charge is 2.38. The molecule has 2 N–H and O–H groups in total. The van der Waals surface area contributed by atoms with Gasteiger partial charge in [0.1, 0.15) is 16.2 Å². The number of rotatable bonds is 5. The number of halogens is 1. The lowest BCUT2D eigenvalue weighted by molar-refractivity contribution is 0.0693. The summed E-state index contributed by atoms with van der Waals surface area (Å²) in [5.41, 5.74) is 1.06. The molecular weight excluding hydrogens is 378 g/mol. The van der Waals surface area contributed by atoms with Gasteiger partial charge in [0.05, 0.1) is 17.7 Å². The lowest BCUT2D eigenvalue weighted by Gasteiger charge is -2.27. The van der Waals surface area contributed by atoms with Crippen LogP contribution >= 0.6 is 11.6 Å². The van der Waals surface area contributed by atoms with Crippen molar-refractivity contribution in [3.8, 4) is 5.75 Å². The Balaban J connectivity index is 2.03. The van der Waals surface area contributed by atoms with E-state index in [-0.39, 0.29) is 21.2 Å². The molecule has 1 atom stereocenters. The summed E-state index contributed by atoms with van der Waals surface area (Å²) in [6.07, 6.45) is 1.39. The number of methoxy groups -OCH3 is 1. The molecule has 0 amide bonds. The van der Waals surface area contributed by atoms with E-state index in [1.54, 1.807) is 0 Å². The SMILES string of the molecule is COc1cc(S(=O)(=O)NC2(C)CCc3ccccc32)c(Cl)cc1C(=O)O. The number of aryl methyl sites for hydroxylation is 1. The topological polar surface area (TPSA) is 92.7 Å². The molecule has 0 heterocycles. The monoisotopic (exact) mass is 395 g/mol. The first-order valence-electron chi connectivity index (χ1n) is 7.91. The van der Waals surface area contributed by atoms with E-state index in [1.807, 2.05) is 31.2 Å². The van der Waals surface area contributed by atoms with Crippen LogP contribution in [0.1, 0.15) is 34.8 Å². The van der Waals surface area contributed by atoms with Gasteiger partial charge < -0.3 is 9.84 Å². The van der Waals surface area contributed by atoms with E-state index in [2.05, 4.69) is 4.72 Å². The summed E-state index contributed by atoms with van der Waals surface area (Å²) in [7, 11) is -2.73. The minimum Gasteiger partial charge on any atom is -0.496 e. The normalized spacial score (nSPS) is 19.2. The Morgan fingerprint density at radius 3 is 2.65 bits per heavy atom. The van der Waals surface area contributed by atoms with Crippen LogP contribution in [0.2, 0.25) is 5.02 Å². The van der Waals surface area contributed by atoms with Crippen molar-refractivity contribution < 1.29 is 23.1 Å². The summed E-state index contributed by atoms with van der Waals surface area (Å²) in [5, 5.41) is 9.02. The maximum atomic E-state index is 13.0. The minimum absolute atomic E-state index is 0.0701. The number of carboxylic acids is 1. The van der Waals surface area contributed by atoms with E-state index in [9.17, 15) is 18.3 Å². The van der Waals surface area contributed by atoms with E-state index in [4.69, 9.17) is 16.3 Å². The fraction of sp³-hybridized carbons (Fsp3) is 0.278. The molecule has 2 aromatic carbocycles. The maximum absolute atomic E-state index is 13.0. The average molecular weight is 396 g/mol. The molecule has 138 valence electrons. The van der Waals surface area contributed by atoms with Gasteiger partial charge >= 0.3 is 5.97 Å². The lowest BCUT2D eigenvalue weighted by Crippen LogP contribution is -2.41. The molecule has 1 aliphatic carbocycles. The van der Waals surface area contributed by atoms with Crippen LogP contribution in [0.25, 0.3) is 0 Å². The van der Waals surface area contributed by atoms with Crippen molar-refractivity contribution in [3.63, 3.8) is 0 Å². The Bertz CT molecular complexity index is 989. The van der Waals surface area contributed by atoms with Crippen LogP contribution in [0.3, 0.4) is 0 Å². The molecule has 0 aliphatic heterocycles. The molecule has 0 saturated heterocycles. The van der Waals surface area contributed by atoms with Gasteiger partial charge in [-0.05, 0) is 37.0 Å². The van der Waals surface area contributed by atoms with Crippen LogP contribution in [0, 0.1) is 0 Å². The van der Waals surface area contributed by atoms with Gasteiger partial charge in [0.15, 0.2) is 0 Å². The molecule has 0 saturated carbocycles. The second-order valence-electron chi connectivity index (χ2n) is 6.38. The number of hydrogen-bond acceptors (Lipinski definition) is 4. The number of hydrogen-bond donors (Lipinski definition) is 2. The standard InChI is InChI=1S/C18H18ClNO5S/c1-18(8-7-11-5-3-4-6-13(11)18)20-26(23,24)16-10-15(25-2)12(17(21)22)9-14(16)19/h3-6,9-10,20H,7-8H2,1-2H3,(H,21,22). The number of nitrogens with one attached hydrogen (secondary N) is 1. The number of carbonyl (C=O) groups is 1. The maximum Gasteiger partial charge on any atom is 0.339 e. The average Bonchev–Trinajstić information content (AvgIpc) is 2.91. The first-order valence-corrected chi connectivity index (χ1v) is 9.77. The molecule has 2 aromatic rings. The van der Waals surface area contributed by atoms with Gasteiger partial charge in [-0.25, -0.2) is 17.9 Å². The van der Waals surface area contributed by atoms with E-state index in [0.717, 1.165) is 29.7 Å². The van der Waals surface area contributed by atoms with Crippen LogP contribution < -0.4 is 9.46 Å². The molecule has 6 nitrogen and oxygen atoms in total. The second kappa shape index (κ2) is 6.57. The molecule has 1 unspecified atom stereocenters. The molecule has 26 heavy (non-hydrogen) atoms. The van der Waals surface area contributed by atoms with E-state index < -0.39 is 21.5 Å². The summed E-state index contributed by atoms with van der Waals surface area (Å²) in [4.78, 5) is 11.0.